The van der Waals surface area contributed by atoms with E-state index in [0.29, 0.717) is 11.6 Å². The molecule has 146 valence electrons. The zero-order valence-electron chi connectivity index (χ0n) is 16.2. The third kappa shape index (κ3) is 4.91. The maximum Gasteiger partial charge on any atom is 0.228 e. The summed E-state index contributed by atoms with van der Waals surface area (Å²) in [6.07, 6.45) is 1.28. The standard InChI is InChI=1S/C22H23ClN2O2S/c1-4-15-5-7-16(8-6-15)22-24-19(14-28-22)12-21(26)25(2)13-17-11-18(23)9-10-20(17)27-3/h5-11,14H,4,12-13H2,1-3H3. The van der Waals surface area contributed by atoms with Crippen LogP contribution in [0.15, 0.2) is 47.8 Å². The first kappa shape index (κ1) is 20.4. The number of carbonyl (C=O) groups excluding carboxylic acids is 1. The highest BCUT2D eigenvalue weighted by Crippen LogP contribution is 2.26. The normalized spacial score (nSPS) is 10.7. The summed E-state index contributed by atoms with van der Waals surface area (Å²) in [6.45, 7) is 2.57. The number of nitrogens with zero attached hydrogens (tertiary/aromatic N) is 2. The van der Waals surface area contributed by atoms with Crippen molar-refractivity contribution in [1.82, 2.24) is 9.88 Å². The fourth-order valence-electron chi connectivity index (χ4n) is 2.91. The number of rotatable bonds is 7. The van der Waals surface area contributed by atoms with Crippen LogP contribution in [0.2, 0.25) is 5.02 Å². The molecule has 1 heterocycles. The van der Waals surface area contributed by atoms with Gasteiger partial charge in [-0.2, -0.15) is 0 Å². The van der Waals surface area contributed by atoms with Crippen molar-refractivity contribution in [2.24, 2.45) is 0 Å². The average molecular weight is 415 g/mol. The summed E-state index contributed by atoms with van der Waals surface area (Å²) in [7, 11) is 3.39. The zero-order chi connectivity index (χ0) is 20.1. The molecule has 0 aliphatic rings. The van der Waals surface area contributed by atoms with Gasteiger partial charge in [-0.15, -0.1) is 11.3 Å². The molecule has 0 spiro atoms. The van der Waals surface area contributed by atoms with E-state index in [1.54, 1.807) is 36.5 Å². The van der Waals surface area contributed by atoms with Gasteiger partial charge >= 0.3 is 0 Å². The molecule has 4 nitrogen and oxygen atoms in total. The Morgan fingerprint density at radius 3 is 2.64 bits per heavy atom. The monoisotopic (exact) mass is 414 g/mol. The number of aryl methyl sites for hydroxylation is 1. The Morgan fingerprint density at radius 1 is 1.21 bits per heavy atom. The molecule has 2 aromatic carbocycles. The maximum absolute atomic E-state index is 12.6. The SMILES string of the molecule is CCc1ccc(-c2nc(CC(=O)N(C)Cc3cc(Cl)ccc3OC)cs2)cc1. The second kappa shape index (κ2) is 9.22. The average Bonchev–Trinajstić information content (AvgIpc) is 3.16. The smallest absolute Gasteiger partial charge is 0.228 e. The number of thiazole rings is 1. The van der Waals surface area contributed by atoms with Gasteiger partial charge in [-0.05, 0) is 30.2 Å². The first-order valence-electron chi connectivity index (χ1n) is 9.10. The van der Waals surface area contributed by atoms with Crippen LogP contribution >= 0.6 is 22.9 Å². The summed E-state index contributed by atoms with van der Waals surface area (Å²) in [5.41, 5.74) is 4.04. The van der Waals surface area contributed by atoms with Gasteiger partial charge in [0.15, 0.2) is 0 Å². The molecular weight excluding hydrogens is 392 g/mol. The van der Waals surface area contributed by atoms with Crippen molar-refractivity contribution in [2.75, 3.05) is 14.2 Å². The number of amides is 1. The molecule has 6 heteroatoms. The van der Waals surface area contributed by atoms with E-state index in [-0.39, 0.29) is 12.3 Å². The number of aromatic nitrogens is 1. The number of ether oxygens (including phenoxy) is 1. The summed E-state index contributed by atoms with van der Waals surface area (Å²) in [4.78, 5) is 19.0. The van der Waals surface area contributed by atoms with Gasteiger partial charge in [-0.1, -0.05) is 42.8 Å². The largest absolute Gasteiger partial charge is 0.496 e. The van der Waals surface area contributed by atoms with Crippen LogP contribution in [0, 0.1) is 0 Å². The Bertz CT molecular complexity index is 953. The lowest BCUT2D eigenvalue weighted by molar-refractivity contribution is -0.129. The molecule has 3 aromatic rings. The van der Waals surface area contributed by atoms with E-state index in [2.05, 4.69) is 36.2 Å². The molecule has 0 fully saturated rings. The predicted octanol–water partition coefficient (Wildman–Crippen LogP) is 5.24. The van der Waals surface area contributed by atoms with Crippen LogP contribution in [0.1, 0.15) is 23.7 Å². The van der Waals surface area contributed by atoms with Gasteiger partial charge in [-0.25, -0.2) is 4.98 Å². The fourth-order valence-corrected chi connectivity index (χ4v) is 3.93. The number of hydrogen-bond donors (Lipinski definition) is 0. The molecule has 1 amide bonds. The Kier molecular flexibility index (Phi) is 6.70. The van der Waals surface area contributed by atoms with Crippen LogP contribution in [-0.4, -0.2) is 29.9 Å². The molecule has 0 saturated heterocycles. The Balaban J connectivity index is 1.66. The van der Waals surface area contributed by atoms with Crippen molar-refractivity contribution >= 4 is 28.8 Å². The maximum atomic E-state index is 12.6. The predicted molar refractivity (Wildman–Crippen MR) is 115 cm³/mol. The van der Waals surface area contributed by atoms with E-state index < -0.39 is 0 Å². The number of carbonyl (C=O) groups is 1. The van der Waals surface area contributed by atoms with Crippen molar-refractivity contribution in [3.63, 3.8) is 0 Å². The minimum Gasteiger partial charge on any atom is -0.496 e. The molecule has 0 aliphatic carbocycles. The van der Waals surface area contributed by atoms with Crippen LogP contribution in [0.4, 0.5) is 0 Å². The van der Waals surface area contributed by atoms with Crippen molar-refractivity contribution in [3.8, 4) is 16.3 Å². The quantitative estimate of drug-likeness (QED) is 0.531. The van der Waals surface area contributed by atoms with Crippen LogP contribution < -0.4 is 4.74 Å². The van der Waals surface area contributed by atoms with E-state index in [9.17, 15) is 4.79 Å². The van der Waals surface area contributed by atoms with E-state index in [1.165, 1.54) is 5.56 Å². The van der Waals surface area contributed by atoms with Gasteiger partial charge in [0.05, 0.1) is 19.2 Å². The van der Waals surface area contributed by atoms with Gasteiger partial charge in [0, 0.05) is 35.1 Å². The van der Waals surface area contributed by atoms with Crippen LogP contribution in [-0.2, 0) is 24.2 Å². The fraction of sp³-hybridized carbons (Fsp3) is 0.273. The molecule has 0 aliphatic heterocycles. The van der Waals surface area contributed by atoms with Crippen molar-refractivity contribution in [3.05, 3.63) is 69.7 Å². The molecule has 1 aromatic heterocycles. The highest BCUT2D eigenvalue weighted by molar-refractivity contribution is 7.13. The molecule has 3 rings (SSSR count). The minimum atomic E-state index is 0.000194. The van der Waals surface area contributed by atoms with Crippen LogP contribution in [0.3, 0.4) is 0 Å². The molecule has 28 heavy (non-hydrogen) atoms. The molecule has 0 radical (unpaired) electrons. The molecule has 0 saturated carbocycles. The number of hydrogen-bond acceptors (Lipinski definition) is 4. The summed E-state index contributed by atoms with van der Waals surface area (Å²) in [5.74, 6) is 0.718. The molecule has 0 atom stereocenters. The second-order valence-electron chi connectivity index (χ2n) is 6.58. The van der Waals surface area contributed by atoms with E-state index in [4.69, 9.17) is 16.3 Å². The van der Waals surface area contributed by atoms with E-state index in [0.717, 1.165) is 34.0 Å². The third-order valence-electron chi connectivity index (χ3n) is 4.57. The van der Waals surface area contributed by atoms with Crippen molar-refractivity contribution in [2.45, 2.75) is 26.3 Å². The second-order valence-corrected chi connectivity index (χ2v) is 7.87. The van der Waals surface area contributed by atoms with Gasteiger partial charge in [-0.3, -0.25) is 4.79 Å². The van der Waals surface area contributed by atoms with E-state index in [1.807, 2.05) is 17.5 Å². The lowest BCUT2D eigenvalue weighted by Crippen LogP contribution is -2.28. The Labute approximate surface area is 174 Å². The number of benzene rings is 2. The van der Waals surface area contributed by atoms with Gasteiger partial charge < -0.3 is 9.64 Å². The summed E-state index contributed by atoms with van der Waals surface area (Å²) >= 11 is 7.64. The highest BCUT2D eigenvalue weighted by Gasteiger charge is 2.15. The van der Waals surface area contributed by atoms with Gasteiger partial charge in [0.1, 0.15) is 10.8 Å². The lowest BCUT2D eigenvalue weighted by Gasteiger charge is -2.18. The summed E-state index contributed by atoms with van der Waals surface area (Å²) in [5, 5.41) is 3.51. The molecular formula is C22H23ClN2O2S. The topological polar surface area (TPSA) is 42.4 Å². The van der Waals surface area contributed by atoms with Crippen molar-refractivity contribution in [1.29, 1.82) is 0 Å². The summed E-state index contributed by atoms with van der Waals surface area (Å²) in [6, 6.07) is 13.8. The first-order chi connectivity index (χ1) is 13.5. The third-order valence-corrected chi connectivity index (χ3v) is 5.74. The number of likely N-dealkylation sites (N-methyl/N-ethyl adjacent to an activating group) is 1. The Morgan fingerprint density at radius 2 is 1.96 bits per heavy atom. The zero-order valence-corrected chi connectivity index (χ0v) is 17.8. The number of halogens is 1. The van der Waals surface area contributed by atoms with Crippen molar-refractivity contribution < 1.29 is 9.53 Å². The first-order valence-corrected chi connectivity index (χ1v) is 10.4. The molecule has 0 N–H and O–H groups in total. The van der Waals surface area contributed by atoms with Crippen LogP contribution in [0.25, 0.3) is 10.6 Å². The molecule has 0 unspecified atom stereocenters. The van der Waals surface area contributed by atoms with Gasteiger partial charge in [0.25, 0.3) is 0 Å². The number of methoxy groups -OCH3 is 1. The van der Waals surface area contributed by atoms with Crippen LogP contribution in [0.5, 0.6) is 5.75 Å². The minimum absolute atomic E-state index is 0.000194. The Hall–Kier alpha value is -2.37. The van der Waals surface area contributed by atoms with E-state index >= 15 is 0 Å². The highest BCUT2D eigenvalue weighted by atomic mass is 35.5. The van der Waals surface area contributed by atoms with Gasteiger partial charge in [0.2, 0.25) is 5.91 Å². The lowest BCUT2D eigenvalue weighted by atomic mass is 10.1. The summed E-state index contributed by atoms with van der Waals surface area (Å²) < 4.78 is 5.36. The molecule has 0 bridgehead atoms.